The number of rotatable bonds is 3. The van der Waals surface area contributed by atoms with Crippen molar-refractivity contribution < 1.29 is 50.4 Å². The second-order valence-electron chi connectivity index (χ2n) is 1.82. The molecule has 4 N–H and O–H groups in total. The number of hydrogen-bond donors (Lipinski definition) is 2. The molecule has 0 amide bonds. The summed E-state index contributed by atoms with van der Waals surface area (Å²) in [4.78, 5) is 20.0. The van der Waals surface area contributed by atoms with Crippen LogP contribution in [0.4, 0.5) is 9.59 Å². The Morgan fingerprint density at radius 2 is 1.86 bits per heavy atom. The minimum Gasteiger partial charge on any atom is 0 e. The van der Waals surface area contributed by atoms with E-state index in [1.807, 2.05) is 6.92 Å². The maximum Gasteiger partial charge on any atom is 0 e. The van der Waals surface area contributed by atoms with Crippen LogP contribution in [0.1, 0.15) is 19.8 Å². The van der Waals surface area contributed by atoms with E-state index >= 15 is 0 Å². The molecule has 14 heavy (non-hydrogen) atoms. The molecular weight excluding hydrogens is 297 g/mol. The molecule has 0 aliphatic rings. The van der Waals surface area contributed by atoms with E-state index in [9.17, 15) is 9.59 Å². The molecule has 0 radical (unpaired) electrons. The van der Waals surface area contributed by atoms with Crippen molar-refractivity contribution in [2.45, 2.75) is 19.8 Å². The second kappa shape index (κ2) is 16.3. The van der Waals surface area contributed by atoms with Gasteiger partial charge in [-0.3, -0.25) is 0 Å². The Kier molecular flexibility index (Phi) is 28.1. The van der Waals surface area contributed by atoms with Crippen LogP contribution in [-0.2, 0) is 35.7 Å². The van der Waals surface area contributed by atoms with E-state index in [1.54, 1.807) is 0 Å². The smallest absolute Gasteiger partial charge is 0 e. The Bertz CT molecular complexity index is 157. The Labute approximate surface area is 131 Å². The van der Waals surface area contributed by atoms with Crippen LogP contribution >= 0.6 is 0 Å². The summed E-state index contributed by atoms with van der Waals surface area (Å²) in [5.41, 5.74) is 0. The fourth-order valence-corrected chi connectivity index (χ4v) is 0.401. The predicted molar refractivity (Wildman–Crippen MR) is 48.9 cm³/mol. The van der Waals surface area contributed by atoms with E-state index in [2.05, 4.69) is 9.47 Å². The van der Waals surface area contributed by atoms with Gasteiger partial charge in [0.1, 0.15) is 0 Å². The fourth-order valence-electron chi connectivity index (χ4n) is 0.401. The molecule has 0 aromatic rings. The average Bonchev–Trinajstić information content (AvgIpc) is 1.86. The summed E-state index contributed by atoms with van der Waals surface area (Å²) >= 11 is 0. The van der Waals surface area contributed by atoms with Gasteiger partial charge in [-0.25, -0.2) is 9.59 Å². The Balaban J connectivity index is -0.000000167. The molecule has 0 saturated heterocycles. The quantitative estimate of drug-likeness (QED) is 0.346. The zero-order valence-corrected chi connectivity index (χ0v) is 9.87. The van der Waals surface area contributed by atoms with Crippen molar-refractivity contribution >= 4 is 50.0 Å². The molecule has 0 atom stereocenters. The maximum absolute atomic E-state index is 10.3. The van der Waals surface area contributed by atoms with Gasteiger partial charge in [0.15, 0.2) is 0 Å². The summed E-state index contributed by atoms with van der Waals surface area (Å²) in [6.07, 6.45) is -1.23. The van der Waals surface area contributed by atoms with E-state index in [4.69, 9.17) is 5.11 Å². The minimum absolute atomic E-state index is 0. The van der Waals surface area contributed by atoms with Gasteiger partial charge >= 0.3 is 50.0 Å². The van der Waals surface area contributed by atoms with Crippen LogP contribution < -0.4 is 6.15 Å². The van der Waals surface area contributed by atoms with Gasteiger partial charge in [-0.15, -0.1) is 0 Å². The third-order valence-corrected chi connectivity index (χ3v) is 0.888. The monoisotopic (exact) mass is 311 g/mol. The maximum atomic E-state index is 10.3. The van der Waals surface area contributed by atoms with Crippen LogP contribution in [-0.4, -0.2) is 61.8 Å². The summed E-state index contributed by atoms with van der Waals surface area (Å²) in [5.74, 6) is 0. The Morgan fingerprint density at radius 3 is 2.21 bits per heavy atom. The molecule has 0 aromatic carbocycles. The zero-order valence-electron chi connectivity index (χ0n) is 7.41. The second-order valence-corrected chi connectivity index (χ2v) is 1.82. The molecule has 0 saturated carbocycles. The summed E-state index contributed by atoms with van der Waals surface area (Å²) in [6.45, 7) is 2.12. The largest absolute Gasteiger partial charge is 0 e. The molecule has 6 nitrogen and oxygen atoms in total. The van der Waals surface area contributed by atoms with Crippen molar-refractivity contribution in [3.63, 3.8) is 0 Å². The third-order valence-electron chi connectivity index (χ3n) is 0.888. The van der Waals surface area contributed by atoms with E-state index in [0.717, 1.165) is 6.42 Å². The molecule has 8 heteroatoms. The van der Waals surface area contributed by atoms with Crippen LogP contribution in [0.15, 0.2) is 0 Å². The van der Waals surface area contributed by atoms with Gasteiger partial charge < -0.3 is 20.7 Å². The van der Waals surface area contributed by atoms with Crippen LogP contribution in [0.3, 0.4) is 0 Å². The molecule has 0 aliphatic heterocycles. The predicted octanol–water partition coefficient (Wildman–Crippen LogP) is 0.861. The Hall–Kier alpha value is 0.843. The van der Waals surface area contributed by atoms with Crippen LogP contribution in [0.2, 0.25) is 0 Å². The number of ether oxygens (including phenoxy) is 2. The first-order valence-corrected chi connectivity index (χ1v) is 3.24. The molecule has 0 heterocycles. The standard InChI is InChI=1S/C6H10O5.Ca.H3N.Zr.2H/c1-2-3-4-10-6(9)11-5(7)8;;;;;/h2-4H2,1H3,(H,7,8);;1H3;;;. The van der Waals surface area contributed by atoms with E-state index in [1.165, 1.54) is 0 Å². The topological polar surface area (TPSA) is 108 Å². The molecular formula is C6H15CaNO5Zr. The van der Waals surface area contributed by atoms with Crippen molar-refractivity contribution in [3.8, 4) is 0 Å². The summed E-state index contributed by atoms with van der Waals surface area (Å²) in [7, 11) is 0. The molecule has 0 unspecified atom stereocenters. The van der Waals surface area contributed by atoms with Crippen LogP contribution in [0, 0.1) is 0 Å². The first-order chi connectivity index (χ1) is 5.16. The van der Waals surface area contributed by atoms with Crippen molar-refractivity contribution in [3.05, 3.63) is 0 Å². The summed E-state index contributed by atoms with van der Waals surface area (Å²) < 4.78 is 8.00. The number of carbonyl (C=O) groups excluding carboxylic acids is 1. The molecule has 0 fully saturated rings. The van der Waals surface area contributed by atoms with Gasteiger partial charge in [-0.1, -0.05) is 13.3 Å². The molecule has 0 aliphatic carbocycles. The van der Waals surface area contributed by atoms with Crippen LogP contribution in [0.5, 0.6) is 0 Å². The number of unbranched alkanes of at least 4 members (excludes halogenated alkanes) is 1. The summed E-state index contributed by atoms with van der Waals surface area (Å²) in [6, 6.07) is 0. The number of carbonyl (C=O) groups is 2. The Morgan fingerprint density at radius 1 is 1.36 bits per heavy atom. The molecule has 0 bridgehead atoms. The van der Waals surface area contributed by atoms with Gasteiger partial charge in [0.25, 0.3) is 0 Å². The van der Waals surface area contributed by atoms with E-state index < -0.39 is 12.3 Å². The normalized spacial score (nSPS) is 6.93. The van der Waals surface area contributed by atoms with Crippen molar-refractivity contribution in [1.82, 2.24) is 6.15 Å². The number of carboxylic acid groups (broad SMARTS) is 1. The van der Waals surface area contributed by atoms with Crippen molar-refractivity contribution in [1.29, 1.82) is 0 Å². The van der Waals surface area contributed by atoms with Gasteiger partial charge in [0, 0.05) is 26.2 Å². The van der Waals surface area contributed by atoms with Gasteiger partial charge in [0.2, 0.25) is 0 Å². The fraction of sp³-hybridized carbons (Fsp3) is 0.667. The molecule has 0 rings (SSSR count). The zero-order chi connectivity index (χ0) is 8.69. The molecule has 0 spiro atoms. The van der Waals surface area contributed by atoms with Gasteiger partial charge in [-0.2, -0.15) is 0 Å². The third kappa shape index (κ3) is 18.6. The van der Waals surface area contributed by atoms with Crippen LogP contribution in [0.25, 0.3) is 0 Å². The SMILES string of the molecule is CCCCOC(=O)OC(=O)O.N.[CaH2].[Zr]. The summed E-state index contributed by atoms with van der Waals surface area (Å²) in [5, 5.41) is 7.92. The van der Waals surface area contributed by atoms with Gasteiger partial charge in [0.05, 0.1) is 6.61 Å². The number of hydrogen-bond acceptors (Lipinski definition) is 5. The van der Waals surface area contributed by atoms with Crippen molar-refractivity contribution in [2.24, 2.45) is 0 Å². The van der Waals surface area contributed by atoms with Crippen molar-refractivity contribution in [2.75, 3.05) is 6.61 Å². The van der Waals surface area contributed by atoms with E-state index in [-0.39, 0.29) is 76.7 Å². The molecule has 0 aromatic heterocycles. The first-order valence-electron chi connectivity index (χ1n) is 3.24. The average molecular weight is 312 g/mol. The van der Waals surface area contributed by atoms with Gasteiger partial charge in [-0.05, 0) is 6.42 Å². The molecule has 80 valence electrons. The minimum atomic E-state index is -1.65. The van der Waals surface area contributed by atoms with E-state index in [0.29, 0.717) is 6.42 Å². The first kappa shape index (κ1) is 24.2.